The molecule has 2 heterocycles. The molecule has 5 nitrogen and oxygen atoms in total. The third-order valence-electron chi connectivity index (χ3n) is 5.14. The van der Waals surface area contributed by atoms with Crippen molar-refractivity contribution >= 4 is 17.1 Å². The van der Waals surface area contributed by atoms with Gasteiger partial charge in [-0.2, -0.15) is 0 Å². The Bertz CT molecular complexity index is 977. The van der Waals surface area contributed by atoms with Gasteiger partial charge in [-0.1, -0.05) is 12.1 Å². The highest BCUT2D eigenvalue weighted by atomic mass is 19.1. The zero-order valence-corrected chi connectivity index (χ0v) is 16.0. The van der Waals surface area contributed by atoms with Crippen molar-refractivity contribution in [3.63, 3.8) is 0 Å². The summed E-state index contributed by atoms with van der Waals surface area (Å²) in [5.74, 6) is -0.497. The van der Waals surface area contributed by atoms with Crippen molar-refractivity contribution in [3.8, 4) is 0 Å². The molecule has 0 bridgehead atoms. The normalized spacial score (nSPS) is 12.9. The number of nitrogens with two attached hydrogens (primary N) is 1. The van der Waals surface area contributed by atoms with Crippen LogP contribution in [0.4, 0.5) is 9.18 Å². The molecule has 0 saturated heterocycles. The van der Waals surface area contributed by atoms with E-state index in [4.69, 9.17) is 10.5 Å². The lowest BCUT2D eigenvalue weighted by molar-refractivity contribution is 0.0239. The summed E-state index contributed by atoms with van der Waals surface area (Å²) in [5.41, 5.74) is 10.3. The minimum atomic E-state index is -0.874. The summed E-state index contributed by atoms with van der Waals surface area (Å²) in [6.07, 6.45) is 1.49. The molecule has 0 fully saturated rings. The van der Waals surface area contributed by atoms with E-state index in [9.17, 15) is 9.18 Å². The first-order chi connectivity index (χ1) is 12.7. The molecule has 1 unspecified atom stereocenters. The third kappa shape index (κ3) is 3.79. The Kier molecular flexibility index (Phi) is 4.91. The molecular weight excluding hydrogens is 345 g/mol. The summed E-state index contributed by atoms with van der Waals surface area (Å²) < 4.78 is 18.8. The molecule has 3 aromatic rings. The number of pyridine rings is 1. The lowest BCUT2D eigenvalue weighted by Crippen LogP contribution is -2.38. The van der Waals surface area contributed by atoms with Crippen molar-refractivity contribution in [2.75, 3.05) is 0 Å². The number of aromatic amines is 1. The van der Waals surface area contributed by atoms with Crippen LogP contribution in [-0.2, 0) is 11.2 Å². The largest absolute Gasteiger partial charge is 0.443 e. The molecule has 0 spiro atoms. The number of benzene rings is 1. The molecule has 1 atom stereocenters. The van der Waals surface area contributed by atoms with Gasteiger partial charge in [-0.25, -0.2) is 9.18 Å². The van der Waals surface area contributed by atoms with E-state index < -0.39 is 11.7 Å². The number of amides is 1. The zero-order chi connectivity index (χ0) is 19.8. The summed E-state index contributed by atoms with van der Waals surface area (Å²) in [6.45, 7) is 7.69. The van der Waals surface area contributed by atoms with Gasteiger partial charge in [-0.15, -0.1) is 0 Å². The summed E-state index contributed by atoms with van der Waals surface area (Å²) in [4.78, 5) is 19.4. The van der Waals surface area contributed by atoms with E-state index in [1.807, 2.05) is 33.8 Å². The molecule has 1 aromatic carbocycles. The van der Waals surface area contributed by atoms with Crippen molar-refractivity contribution < 1.29 is 13.9 Å². The first-order valence-corrected chi connectivity index (χ1v) is 8.85. The highest BCUT2D eigenvalue weighted by Crippen LogP contribution is 2.38. The van der Waals surface area contributed by atoms with Crippen molar-refractivity contribution in [2.45, 2.75) is 45.6 Å². The maximum absolute atomic E-state index is 13.3. The van der Waals surface area contributed by atoms with Crippen molar-refractivity contribution in [1.82, 2.24) is 9.97 Å². The topological polar surface area (TPSA) is 81.0 Å². The van der Waals surface area contributed by atoms with Crippen molar-refractivity contribution in [1.29, 1.82) is 0 Å². The quantitative estimate of drug-likeness (QED) is 0.694. The SMILES string of the molecule is Cc1[nH]c2c(C(Cc3ccc(F)cc3)C(C)(C)OC(N)=O)ccnc2c1C. The smallest absolute Gasteiger partial charge is 0.405 e. The van der Waals surface area contributed by atoms with Crippen LogP contribution in [0.1, 0.15) is 42.1 Å². The Morgan fingerprint density at radius 1 is 1.26 bits per heavy atom. The van der Waals surface area contributed by atoms with Gasteiger partial charge in [-0.3, -0.25) is 4.98 Å². The van der Waals surface area contributed by atoms with Gasteiger partial charge in [0.05, 0.1) is 11.0 Å². The summed E-state index contributed by atoms with van der Waals surface area (Å²) in [7, 11) is 0. The number of carbonyl (C=O) groups excluding carboxylic acids is 1. The van der Waals surface area contributed by atoms with Gasteiger partial charge in [0.1, 0.15) is 11.4 Å². The Morgan fingerprint density at radius 2 is 1.93 bits per heavy atom. The monoisotopic (exact) mass is 369 g/mol. The molecule has 2 aromatic heterocycles. The Balaban J connectivity index is 2.13. The van der Waals surface area contributed by atoms with Crippen LogP contribution in [0.5, 0.6) is 0 Å². The number of ether oxygens (including phenoxy) is 1. The number of rotatable bonds is 5. The number of aromatic nitrogens is 2. The van der Waals surface area contributed by atoms with Crippen LogP contribution in [0.25, 0.3) is 11.0 Å². The fourth-order valence-corrected chi connectivity index (χ4v) is 3.56. The molecule has 142 valence electrons. The number of halogens is 1. The minimum absolute atomic E-state index is 0.210. The lowest BCUT2D eigenvalue weighted by atomic mass is 9.80. The predicted molar refractivity (Wildman–Crippen MR) is 103 cm³/mol. The first kappa shape index (κ1) is 18.9. The van der Waals surface area contributed by atoms with Gasteiger partial charge in [0.25, 0.3) is 0 Å². The van der Waals surface area contributed by atoms with E-state index in [0.29, 0.717) is 6.42 Å². The first-order valence-electron chi connectivity index (χ1n) is 8.85. The molecule has 27 heavy (non-hydrogen) atoms. The average molecular weight is 369 g/mol. The maximum atomic E-state index is 13.3. The van der Waals surface area contributed by atoms with Gasteiger partial charge in [0.2, 0.25) is 0 Å². The molecule has 0 aliphatic heterocycles. The molecule has 0 saturated carbocycles. The number of H-pyrrole nitrogens is 1. The van der Waals surface area contributed by atoms with Crippen LogP contribution >= 0.6 is 0 Å². The van der Waals surface area contributed by atoms with Crippen molar-refractivity contribution in [3.05, 3.63) is 64.7 Å². The second-order valence-corrected chi connectivity index (χ2v) is 7.41. The van der Waals surface area contributed by atoms with Crippen LogP contribution in [0.3, 0.4) is 0 Å². The number of primary amides is 1. The van der Waals surface area contributed by atoms with Gasteiger partial charge in [0, 0.05) is 17.8 Å². The van der Waals surface area contributed by atoms with Gasteiger partial charge in [0.15, 0.2) is 0 Å². The van der Waals surface area contributed by atoms with E-state index in [0.717, 1.165) is 33.4 Å². The molecule has 0 aliphatic rings. The van der Waals surface area contributed by atoms with E-state index >= 15 is 0 Å². The number of nitrogens with one attached hydrogen (secondary N) is 1. The Morgan fingerprint density at radius 3 is 2.56 bits per heavy atom. The van der Waals surface area contributed by atoms with Crippen LogP contribution < -0.4 is 5.73 Å². The van der Waals surface area contributed by atoms with Crippen LogP contribution in [0.2, 0.25) is 0 Å². The van der Waals surface area contributed by atoms with Crippen LogP contribution in [-0.4, -0.2) is 21.7 Å². The third-order valence-corrected chi connectivity index (χ3v) is 5.14. The summed E-state index contributed by atoms with van der Waals surface area (Å²) in [6, 6.07) is 8.27. The van der Waals surface area contributed by atoms with Gasteiger partial charge in [-0.05, 0) is 69.0 Å². The number of hydrogen-bond donors (Lipinski definition) is 2. The summed E-state index contributed by atoms with van der Waals surface area (Å²) in [5, 5.41) is 0. The van der Waals surface area contributed by atoms with Crippen molar-refractivity contribution in [2.24, 2.45) is 5.73 Å². The van der Waals surface area contributed by atoms with E-state index in [1.54, 1.807) is 18.3 Å². The van der Waals surface area contributed by atoms with Crippen LogP contribution in [0.15, 0.2) is 36.5 Å². The summed E-state index contributed by atoms with van der Waals surface area (Å²) >= 11 is 0. The fourth-order valence-electron chi connectivity index (χ4n) is 3.56. The van der Waals surface area contributed by atoms with Gasteiger partial charge < -0.3 is 15.5 Å². The number of hydrogen-bond acceptors (Lipinski definition) is 3. The highest BCUT2D eigenvalue weighted by Gasteiger charge is 2.36. The number of carbonyl (C=O) groups is 1. The molecular formula is C21H24FN3O2. The molecule has 0 radical (unpaired) electrons. The number of aryl methyl sites for hydroxylation is 2. The molecule has 3 N–H and O–H groups in total. The van der Waals surface area contributed by atoms with E-state index in [-0.39, 0.29) is 11.7 Å². The molecule has 6 heteroatoms. The Hall–Kier alpha value is -2.89. The molecule has 3 rings (SSSR count). The second kappa shape index (κ2) is 7.02. The average Bonchev–Trinajstić information content (AvgIpc) is 2.88. The number of fused-ring (bicyclic) bond motifs is 1. The highest BCUT2D eigenvalue weighted by molar-refractivity contribution is 5.83. The number of nitrogens with zero attached hydrogens (tertiary/aromatic N) is 1. The second-order valence-electron chi connectivity index (χ2n) is 7.41. The van der Waals surface area contributed by atoms with Gasteiger partial charge >= 0.3 is 6.09 Å². The lowest BCUT2D eigenvalue weighted by Gasteiger charge is -2.34. The molecule has 0 aliphatic carbocycles. The minimum Gasteiger partial charge on any atom is -0.443 e. The van der Waals surface area contributed by atoms with E-state index in [2.05, 4.69) is 9.97 Å². The fraction of sp³-hybridized carbons (Fsp3) is 0.333. The Labute approximate surface area is 157 Å². The van der Waals surface area contributed by atoms with E-state index in [1.165, 1.54) is 12.1 Å². The zero-order valence-electron chi connectivity index (χ0n) is 16.0. The maximum Gasteiger partial charge on any atom is 0.405 e. The standard InChI is InChI=1S/C21H24FN3O2/c1-12-13(2)25-19-16(9-10-24-18(12)19)17(21(3,4)27-20(23)26)11-14-5-7-15(22)8-6-14/h5-10,17,25H,11H2,1-4H3,(H2,23,26). The van der Waals surface area contributed by atoms with Crippen LogP contribution in [0, 0.1) is 19.7 Å². The predicted octanol–water partition coefficient (Wildman–Crippen LogP) is 4.52. The molecule has 1 amide bonds.